The summed E-state index contributed by atoms with van der Waals surface area (Å²) < 4.78 is 0. The van der Waals surface area contributed by atoms with Gasteiger partial charge in [0.05, 0.1) is 0 Å². The molecule has 0 bridgehead atoms. The Balaban J connectivity index is 2.36. The summed E-state index contributed by atoms with van der Waals surface area (Å²) in [6.45, 7) is 1.43. The van der Waals surface area contributed by atoms with Crippen LogP contribution < -0.4 is 5.32 Å². The van der Waals surface area contributed by atoms with E-state index in [0.717, 1.165) is 0 Å². The normalized spacial score (nSPS) is 13.2. The summed E-state index contributed by atoms with van der Waals surface area (Å²) >= 11 is 5.90. The lowest BCUT2D eigenvalue weighted by atomic mass is 9.91. The van der Waals surface area contributed by atoms with Crippen molar-refractivity contribution in [2.75, 3.05) is 0 Å². The lowest BCUT2D eigenvalue weighted by molar-refractivity contribution is -0.144. The highest BCUT2D eigenvalue weighted by Crippen LogP contribution is 2.24. The smallest absolute Gasteiger partial charge is 0.333 e. The van der Waals surface area contributed by atoms with Crippen LogP contribution in [0, 0.1) is 0 Å². The van der Waals surface area contributed by atoms with Gasteiger partial charge in [-0.2, -0.15) is 0 Å². The van der Waals surface area contributed by atoms with E-state index in [1.165, 1.54) is 13.0 Å². The number of rotatable bonds is 4. The lowest BCUT2D eigenvalue weighted by Crippen LogP contribution is -2.49. The van der Waals surface area contributed by atoms with Gasteiger partial charge in [-0.15, -0.1) is 0 Å². The van der Waals surface area contributed by atoms with E-state index in [9.17, 15) is 14.7 Å². The highest BCUT2D eigenvalue weighted by molar-refractivity contribution is 6.30. The van der Waals surface area contributed by atoms with Crippen LogP contribution in [0.15, 0.2) is 54.6 Å². The Morgan fingerprint density at radius 3 is 2.33 bits per heavy atom. The number of hydrogen-bond donors (Lipinski definition) is 2. The number of nitrogens with one attached hydrogen (secondary N) is 1. The van der Waals surface area contributed by atoms with Gasteiger partial charge in [-0.05, 0) is 36.8 Å². The van der Waals surface area contributed by atoms with Crippen molar-refractivity contribution in [3.63, 3.8) is 0 Å². The Morgan fingerprint density at radius 2 is 1.76 bits per heavy atom. The second kappa shape index (κ2) is 5.97. The van der Waals surface area contributed by atoms with Gasteiger partial charge in [0, 0.05) is 10.6 Å². The van der Waals surface area contributed by atoms with Gasteiger partial charge < -0.3 is 10.4 Å². The number of carboxylic acid groups (broad SMARTS) is 1. The van der Waals surface area contributed by atoms with Crippen LogP contribution in [0.5, 0.6) is 0 Å². The molecule has 0 aliphatic rings. The molecule has 21 heavy (non-hydrogen) atoms. The van der Waals surface area contributed by atoms with Gasteiger partial charge >= 0.3 is 5.97 Å². The molecule has 0 saturated heterocycles. The van der Waals surface area contributed by atoms with E-state index < -0.39 is 17.4 Å². The van der Waals surface area contributed by atoms with Crippen molar-refractivity contribution >= 4 is 23.5 Å². The molecule has 108 valence electrons. The third kappa shape index (κ3) is 3.23. The van der Waals surface area contributed by atoms with E-state index in [0.29, 0.717) is 16.1 Å². The van der Waals surface area contributed by atoms with Crippen LogP contribution in [0.1, 0.15) is 22.8 Å². The Hall–Kier alpha value is -2.33. The third-order valence-corrected chi connectivity index (χ3v) is 3.46. The van der Waals surface area contributed by atoms with Crippen molar-refractivity contribution in [1.29, 1.82) is 0 Å². The highest BCUT2D eigenvalue weighted by Gasteiger charge is 2.37. The molecule has 0 fully saturated rings. The van der Waals surface area contributed by atoms with E-state index in [4.69, 9.17) is 11.6 Å². The predicted octanol–water partition coefficient (Wildman–Crippen LogP) is 3.07. The summed E-state index contributed by atoms with van der Waals surface area (Å²) in [5.74, 6) is -1.62. The summed E-state index contributed by atoms with van der Waals surface area (Å²) in [6.07, 6.45) is 0. The van der Waals surface area contributed by atoms with Crippen LogP contribution in [0.25, 0.3) is 0 Å². The van der Waals surface area contributed by atoms with Gasteiger partial charge in [0.25, 0.3) is 5.91 Å². The van der Waals surface area contributed by atoms with Gasteiger partial charge in [-0.3, -0.25) is 4.79 Å². The van der Waals surface area contributed by atoms with Gasteiger partial charge in [-0.25, -0.2) is 4.79 Å². The molecule has 1 unspecified atom stereocenters. The molecule has 0 spiro atoms. The van der Waals surface area contributed by atoms with Crippen molar-refractivity contribution in [2.24, 2.45) is 0 Å². The SMILES string of the molecule is CC(NC(=O)c1ccccc1)(C(=O)O)c1cccc(Cl)c1. The van der Waals surface area contributed by atoms with Crippen molar-refractivity contribution < 1.29 is 14.7 Å². The fraction of sp³-hybridized carbons (Fsp3) is 0.125. The number of carbonyl (C=O) groups excluding carboxylic acids is 1. The van der Waals surface area contributed by atoms with E-state index in [2.05, 4.69) is 5.32 Å². The van der Waals surface area contributed by atoms with Crippen LogP contribution in [-0.2, 0) is 10.3 Å². The van der Waals surface area contributed by atoms with E-state index >= 15 is 0 Å². The van der Waals surface area contributed by atoms with Gasteiger partial charge in [0.15, 0.2) is 5.54 Å². The first-order valence-electron chi connectivity index (χ1n) is 6.30. The second-order valence-electron chi connectivity index (χ2n) is 4.76. The molecule has 4 nitrogen and oxygen atoms in total. The predicted molar refractivity (Wildman–Crippen MR) is 80.3 cm³/mol. The minimum Gasteiger partial charge on any atom is -0.479 e. The maximum atomic E-state index is 12.2. The van der Waals surface area contributed by atoms with Crippen LogP contribution in [0.3, 0.4) is 0 Å². The molecule has 0 aliphatic carbocycles. The number of halogens is 1. The van der Waals surface area contributed by atoms with Crippen molar-refractivity contribution in [2.45, 2.75) is 12.5 Å². The maximum Gasteiger partial charge on any atom is 0.333 e. The zero-order valence-corrected chi connectivity index (χ0v) is 12.1. The molecule has 2 aromatic rings. The van der Waals surface area contributed by atoms with E-state index in [1.807, 2.05) is 0 Å². The number of benzene rings is 2. The first kappa shape index (κ1) is 15.1. The number of aliphatic carboxylic acids is 1. The van der Waals surface area contributed by atoms with Gasteiger partial charge in [-0.1, -0.05) is 41.9 Å². The molecule has 0 radical (unpaired) electrons. The number of carbonyl (C=O) groups is 2. The van der Waals surface area contributed by atoms with Crippen LogP contribution in [-0.4, -0.2) is 17.0 Å². The standard InChI is InChI=1S/C16H14ClNO3/c1-16(15(20)21,12-8-5-9-13(17)10-12)18-14(19)11-6-3-2-4-7-11/h2-10H,1H3,(H,18,19)(H,20,21). The first-order chi connectivity index (χ1) is 9.93. The summed E-state index contributed by atoms with van der Waals surface area (Å²) in [6, 6.07) is 14.9. The molecule has 0 aromatic heterocycles. The van der Waals surface area contributed by atoms with Crippen LogP contribution >= 0.6 is 11.6 Å². The molecular weight excluding hydrogens is 290 g/mol. The Kier molecular flexibility index (Phi) is 4.29. The summed E-state index contributed by atoms with van der Waals surface area (Å²) in [5.41, 5.74) is -0.753. The molecule has 0 aliphatic heterocycles. The average molecular weight is 304 g/mol. The van der Waals surface area contributed by atoms with Crippen molar-refractivity contribution in [1.82, 2.24) is 5.32 Å². The summed E-state index contributed by atoms with van der Waals surface area (Å²) in [5, 5.41) is 12.5. The molecule has 1 amide bonds. The fourth-order valence-electron chi connectivity index (χ4n) is 1.94. The Morgan fingerprint density at radius 1 is 1.10 bits per heavy atom. The lowest BCUT2D eigenvalue weighted by Gasteiger charge is -2.27. The molecule has 0 saturated carbocycles. The molecular formula is C16H14ClNO3. The third-order valence-electron chi connectivity index (χ3n) is 3.23. The molecule has 0 heterocycles. The maximum absolute atomic E-state index is 12.2. The highest BCUT2D eigenvalue weighted by atomic mass is 35.5. The molecule has 2 N–H and O–H groups in total. The zero-order chi connectivity index (χ0) is 15.5. The monoisotopic (exact) mass is 303 g/mol. The minimum absolute atomic E-state index is 0.395. The Labute approximate surface area is 127 Å². The average Bonchev–Trinajstić information content (AvgIpc) is 2.47. The summed E-state index contributed by atoms with van der Waals surface area (Å²) in [7, 11) is 0. The summed E-state index contributed by atoms with van der Waals surface area (Å²) in [4.78, 5) is 23.9. The van der Waals surface area contributed by atoms with Crippen molar-refractivity contribution in [3.8, 4) is 0 Å². The van der Waals surface area contributed by atoms with Gasteiger partial charge in [0.1, 0.15) is 0 Å². The minimum atomic E-state index is -1.56. The molecule has 2 aromatic carbocycles. The largest absolute Gasteiger partial charge is 0.479 e. The van der Waals surface area contributed by atoms with Crippen LogP contribution in [0.4, 0.5) is 0 Å². The Bertz CT molecular complexity index is 672. The zero-order valence-electron chi connectivity index (χ0n) is 11.3. The molecule has 5 heteroatoms. The van der Waals surface area contributed by atoms with Crippen LogP contribution in [0.2, 0.25) is 5.02 Å². The molecule has 2 rings (SSSR count). The quantitative estimate of drug-likeness (QED) is 0.912. The van der Waals surface area contributed by atoms with Gasteiger partial charge in [0.2, 0.25) is 0 Å². The topological polar surface area (TPSA) is 66.4 Å². The van der Waals surface area contributed by atoms with E-state index in [1.54, 1.807) is 48.5 Å². The van der Waals surface area contributed by atoms with E-state index in [-0.39, 0.29) is 0 Å². The molecule has 1 atom stereocenters. The number of amides is 1. The second-order valence-corrected chi connectivity index (χ2v) is 5.20. The van der Waals surface area contributed by atoms with Crippen molar-refractivity contribution in [3.05, 3.63) is 70.7 Å². The fourth-order valence-corrected chi connectivity index (χ4v) is 2.13. The first-order valence-corrected chi connectivity index (χ1v) is 6.68. The number of hydrogen-bond acceptors (Lipinski definition) is 2. The number of carboxylic acids is 1.